The van der Waals surface area contributed by atoms with Crippen LogP contribution in [-0.4, -0.2) is 68.1 Å². The minimum atomic E-state index is -3.17. The van der Waals surface area contributed by atoms with Crippen LogP contribution in [0.3, 0.4) is 0 Å². The highest BCUT2D eigenvalue weighted by Crippen LogP contribution is 2.13. The summed E-state index contributed by atoms with van der Waals surface area (Å²) in [6, 6.07) is -1.05. The maximum Gasteiger partial charge on any atom is 0.238 e. The molecule has 0 aliphatic carbocycles. The van der Waals surface area contributed by atoms with Gasteiger partial charge in [0, 0.05) is 20.1 Å². The highest BCUT2D eigenvalue weighted by atomic mass is 32.2. The second-order valence-corrected chi connectivity index (χ2v) is 6.53. The maximum atomic E-state index is 11.5. The minimum absolute atomic E-state index is 0.112. The Morgan fingerprint density at radius 3 is 2.38 bits per heavy atom. The molecule has 1 rings (SSSR count). The second-order valence-electron chi connectivity index (χ2n) is 4.37. The Kier molecular flexibility index (Phi) is 3.92. The zero-order chi connectivity index (χ0) is 12.5. The molecule has 0 aromatic carbocycles. The van der Waals surface area contributed by atoms with Crippen molar-refractivity contribution in [3.8, 4) is 0 Å². The molecule has 1 aliphatic rings. The van der Waals surface area contributed by atoms with Crippen LogP contribution in [0.2, 0.25) is 0 Å². The first-order valence-electron chi connectivity index (χ1n) is 5.08. The number of hydrogen-bond acceptors (Lipinski definition) is 5. The van der Waals surface area contributed by atoms with Gasteiger partial charge in [0.2, 0.25) is 5.91 Å². The molecule has 1 saturated heterocycles. The van der Waals surface area contributed by atoms with Crippen molar-refractivity contribution in [3.05, 3.63) is 0 Å². The predicted octanol–water partition coefficient (Wildman–Crippen LogP) is -1.79. The highest BCUT2D eigenvalue weighted by Gasteiger charge is 2.37. The van der Waals surface area contributed by atoms with Crippen molar-refractivity contribution in [2.45, 2.75) is 25.1 Å². The summed E-state index contributed by atoms with van der Waals surface area (Å²) >= 11 is 0. The summed E-state index contributed by atoms with van der Waals surface area (Å²) < 4.78 is 22.5. The molecule has 2 N–H and O–H groups in total. The fourth-order valence-electron chi connectivity index (χ4n) is 1.77. The Hall–Kier alpha value is -0.660. The largest absolute Gasteiger partial charge is 0.390 e. The number of aliphatic hydroxyl groups excluding tert-OH is 1. The monoisotopic (exact) mass is 250 g/mol. The van der Waals surface area contributed by atoms with Crippen molar-refractivity contribution < 1.29 is 18.3 Å². The van der Waals surface area contributed by atoms with Crippen LogP contribution in [0.1, 0.15) is 6.92 Å². The summed E-state index contributed by atoms with van der Waals surface area (Å²) in [6.45, 7) is 1.65. The van der Waals surface area contributed by atoms with Crippen LogP contribution in [0.5, 0.6) is 0 Å². The quantitative estimate of drug-likeness (QED) is 0.618. The van der Waals surface area contributed by atoms with E-state index in [-0.39, 0.29) is 17.4 Å². The van der Waals surface area contributed by atoms with Crippen molar-refractivity contribution >= 4 is 15.7 Å². The number of nitrogens with one attached hydrogen (secondary N) is 1. The van der Waals surface area contributed by atoms with Crippen LogP contribution < -0.4 is 5.32 Å². The molecule has 16 heavy (non-hydrogen) atoms. The van der Waals surface area contributed by atoms with Gasteiger partial charge in [0.15, 0.2) is 9.84 Å². The van der Waals surface area contributed by atoms with Gasteiger partial charge in [-0.15, -0.1) is 0 Å². The third-order valence-electron chi connectivity index (χ3n) is 2.60. The van der Waals surface area contributed by atoms with E-state index in [2.05, 4.69) is 5.32 Å². The van der Waals surface area contributed by atoms with Gasteiger partial charge in [0.1, 0.15) is 0 Å². The van der Waals surface area contributed by atoms with E-state index in [1.54, 1.807) is 21.0 Å². The number of aliphatic hydroxyl groups is 1. The molecule has 3 unspecified atom stereocenters. The van der Waals surface area contributed by atoms with Gasteiger partial charge in [0.05, 0.1) is 23.7 Å². The first kappa shape index (κ1) is 13.4. The SMILES string of the molecule is CC(NC1CS(=O)(=O)CC1O)C(=O)N(C)C. The van der Waals surface area contributed by atoms with Gasteiger partial charge >= 0.3 is 0 Å². The molecule has 3 atom stereocenters. The second kappa shape index (κ2) is 4.68. The molecule has 0 spiro atoms. The van der Waals surface area contributed by atoms with Gasteiger partial charge in [-0.2, -0.15) is 0 Å². The molecule has 1 amide bonds. The van der Waals surface area contributed by atoms with E-state index < -0.39 is 28.0 Å². The third-order valence-corrected chi connectivity index (χ3v) is 4.31. The molecule has 1 heterocycles. The average molecular weight is 250 g/mol. The summed E-state index contributed by atoms with van der Waals surface area (Å²) in [5, 5.41) is 12.4. The average Bonchev–Trinajstić information content (AvgIpc) is 2.38. The molecule has 1 aliphatic heterocycles. The lowest BCUT2D eigenvalue weighted by Crippen LogP contribution is -2.50. The Bertz CT molecular complexity index is 366. The molecule has 7 heteroatoms. The number of carbonyl (C=O) groups excluding carboxylic acids is 1. The minimum Gasteiger partial charge on any atom is -0.390 e. The number of amides is 1. The fraction of sp³-hybridized carbons (Fsp3) is 0.889. The van der Waals surface area contributed by atoms with Crippen LogP contribution in [-0.2, 0) is 14.6 Å². The van der Waals surface area contributed by atoms with Gasteiger partial charge in [-0.25, -0.2) is 8.42 Å². The van der Waals surface area contributed by atoms with Crippen LogP contribution in [0.4, 0.5) is 0 Å². The van der Waals surface area contributed by atoms with Gasteiger partial charge in [0.25, 0.3) is 0 Å². The van der Waals surface area contributed by atoms with E-state index in [1.807, 2.05) is 0 Å². The zero-order valence-electron chi connectivity index (χ0n) is 9.67. The summed E-state index contributed by atoms with van der Waals surface area (Å²) in [7, 11) is 0.0810. The maximum absolute atomic E-state index is 11.5. The molecule has 0 bridgehead atoms. The van der Waals surface area contributed by atoms with Crippen molar-refractivity contribution in [1.82, 2.24) is 10.2 Å². The number of sulfone groups is 1. The summed E-state index contributed by atoms with van der Waals surface area (Å²) in [6.07, 6.45) is -0.928. The molecule has 0 aromatic heterocycles. The number of nitrogens with zero attached hydrogens (tertiary/aromatic N) is 1. The first-order chi connectivity index (χ1) is 7.23. The van der Waals surface area contributed by atoms with Crippen LogP contribution in [0, 0.1) is 0 Å². The Balaban J connectivity index is 2.59. The topological polar surface area (TPSA) is 86.7 Å². The number of likely N-dealkylation sites (N-methyl/N-ethyl adjacent to an activating group) is 1. The van der Waals surface area contributed by atoms with E-state index in [9.17, 15) is 18.3 Å². The normalized spacial score (nSPS) is 30.0. The number of hydrogen-bond donors (Lipinski definition) is 2. The summed E-state index contributed by atoms with van der Waals surface area (Å²) in [5.74, 6) is -0.483. The molecular weight excluding hydrogens is 232 g/mol. The lowest BCUT2D eigenvalue weighted by Gasteiger charge is -2.22. The van der Waals surface area contributed by atoms with E-state index in [0.29, 0.717) is 0 Å². The van der Waals surface area contributed by atoms with Crippen LogP contribution in [0.15, 0.2) is 0 Å². The van der Waals surface area contributed by atoms with Gasteiger partial charge in [-0.1, -0.05) is 0 Å². The fourth-order valence-corrected chi connectivity index (χ4v) is 3.52. The van der Waals surface area contributed by atoms with E-state index in [1.165, 1.54) is 4.90 Å². The zero-order valence-corrected chi connectivity index (χ0v) is 10.5. The number of carbonyl (C=O) groups is 1. The number of rotatable bonds is 3. The van der Waals surface area contributed by atoms with E-state index >= 15 is 0 Å². The summed E-state index contributed by atoms with van der Waals surface area (Å²) in [4.78, 5) is 13.0. The smallest absolute Gasteiger partial charge is 0.238 e. The van der Waals surface area contributed by atoms with Crippen LogP contribution in [0.25, 0.3) is 0 Å². The third kappa shape index (κ3) is 3.16. The summed E-state index contributed by atoms with van der Waals surface area (Å²) in [5.41, 5.74) is 0. The van der Waals surface area contributed by atoms with Crippen molar-refractivity contribution in [1.29, 1.82) is 0 Å². The van der Waals surface area contributed by atoms with Gasteiger partial charge in [-0.05, 0) is 6.92 Å². The van der Waals surface area contributed by atoms with Gasteiger partial charge in [-0.3, -0.25) is 10.1 Å². The Labute approximate surface area is 95.5 Å². The molecule has 94 valence electrons. The first-order valence-corrected chi connectivity index (χ1v) is 6.91. The van der Waals surface area contributed by atoms with Crippen molar-refractivity contribution in [2.75, 3.05) is 25.6 Å². The molecule has 1 fully saturated rings. The molecule has 0 radical (unpaired) electrons. The Morgan fingerprint density at radius 2 is 2.00 bits per heavy atom. The van der Waals surface area contributed by atoms with Gasteiger partial charge < -0.3 is 10.0 Å². The predicted molar refractivity (Wildman–Crippen MR) is 59.7 cm³/mol. The van der Waals surface area contributed by atoms with Crippen molar-refractivity contribution in [2.24, 2.45) is 0 Å². The van der Waals surface area contributed by atoms with Crippen LogP contribution >= 0.6 is 0 Å². The molecular formula is C9H18N2O4S. The lowest BCUT2D eigenvalue weighted by atomic mass is 10.2. The highest BCUT2D eigenvalue weighted by molar-refractivity contribution is 7.91. The molecule has 6 nitrogen and oxygen atoms in total. The lowest BCUT2D eigenvalue weighted by molar-refractivity contribution is -0.130. The standard InChI is InChI=1S/C9H18N2O4S/c1-6(9(13)11(2)3)10-7-4-16(14,15)5-8(7)12/h6-8,10,12H,4-5H2,1-3H3. The Morgan fingerprint density at radius 1 is 1.44 bits per heavy atom. The van der Waals surface area contributed by atoms with Crippen molar-refractivity contribution in [3.63, 3.8) is 0 Å². The van der Waals surface area contributed by atoms with E-state index in [0.717, 1.165) is 0 Å². The molecule has 0 saturated carbocycles. The van der Waals surface area contributed by atoms with E-state index in [4.69, 9.17) is 0 Å². The molecule has 0 aromatic rings.